The Morgan fingerprint density at radius 2 is 1.22 bits per heavy atom. The molecule has 1 aromatic heterocycles. The van der Waals surface area contributed by atoms with Gasteiger partial charge in [-0.3, -0.25) is 28.8 Å². The van der Waals surface area contributed by atoms with Crippen LogP contribution in [0.2, 0.25) is 15.1 Å². The van der Waals surface area contributed by atoms with Gasteiger partial charge in [0.2, 0.25) is 35.2 Å². The van der Waals surface area contributed by atoms with Crippen LogP contribution in [-0.2, 0) is 49.0 Å². The lowest BCUT2D eigenvalue weighted by atomic mass is 9.81. The number of nitrogens with one attached hydrogen (secondary N) is 3. The molecule has 0 radical (unpaired) electrons. The Morgan fingerprint density at radius 1 is 0.643 bits per heavy atom. The number of allylic oxidation sites excluding steroid dienone is 8. The van der Waals surface area contributed by atoms with Gasteiger partial charge in [-0.2, -0.15) is 9.67 Å². The van der Waals surface area contributed by atoms with E-state index in [9.17, 15) is 28.8 Å². The van der Waals surface area contributed by atoms with Crippen LogP contribution in [0.1, 0.15) is 119 Å². The number of unbranched alkanes of at least 4 members (excludes halogenated alkanes) is 2. The lowest BCUT2D eigenvalue weighted by Gasteiger charge is -2.32. The number of carbonyl (C=O) groups excluding carboxylic acids is 6. The van der Waals surface area contributed by atoms with Crippen molar-refractivity contribution in [2.24, 2.45) is 0 Å². The molecule has 3 N–H and O–H groups in total. The second kappa shape index (κ2) is 36.8. The molecule has 4 heterocycles. The van der Waals surface area contributed by atoms with Gasteiger partial charge in [-0.25, -0.2) is 4.68 Å². The van der Waals surface area contributed by atoms with Crippen molar-refractivity contribution in [3.8, 4) is 16.9 Å². The first-order valence-corrected chi connectivity index (χ1v) is 35.1. The van der Waals surface area contributed by atoms with Crippen molar-refractivity contribution < 1.29 is 47.6 Å². The van der Waals surface area contributed by atoms with Crippen molar-refractivity contribution in [3.05, 3.63) is 177 Å². The number of amides is 6. The fraction of sp³-hybridized carbons (Fsp3) is 0.447. The molecule has 0 saturated carbocycles. The maximum absolute atomic E-state index is 13.8. The van der Waals surface area contributed by atoms with Crippen LogP contribution < -0.4 is 20.9 Å². The molecule has 4 aromatic carbocycles. The SMILES string of the molecule is Cc1c(C(=O)NC2CCN(C(=O)CCC(=O)N(C)CC(=O)NCCCOCCOCCOCCCNC(=O)CN(C)C(=O)CCCCCN3\C(=C/C=C/C=C/C=C/C4=[N+](C)c5ccccc5C4(C)C)C(C)(C)c4ccccc43)CC2)nn(-c2ccc(Cl)cc2Cl)c1-c1ccc(Cl)cc1. The van der Waals surface area contributed by atoms with Crippen molar-refractivity contribution in [2.45, 2.75) is 116 Å². The van der Waals surface area contributed by atoms with E-state index in [-0.39, 0.29) is 83.9 Å². The third-order valence-electron chi connectivity index (χ3n) is 18.2. The third kappa shape index (κ3) is 20.6. The van der Waals surface area contributed by atoms with Gasteiger partial charge >= 0.3 is 0 Å². The highest BCUT2D eigenvalue weighted by atomic mass is 35.5. The molecule has 3 aliphatic heterocycles. The number of halogens is 3. The highest BCUT2D eigenvalue weighted by Crippen LogP contribution is 2.48. The normalized spacial score (nSPS) is 15.4. The zero-order valence-corrected chi connectivity index (χ0v) is 60.2. The predicted molar refractivity (Wildman–Crippen MR) is 389 cm³/mol. The first kappa shape index (κ1) is 75.9. The first-order valence-electron chi connectivity index (χ1n) is 34.0. The molecule has 0 unspecified atom stereocenters. The molecule has 6 amide bonds. The lowest BCUT2D eigenvalue weighted by molar-refractivity contribution is -0.401. The molecule has 1 fully saturated rings. The number of likely N-dealkylation sites (N-methyl/N-ethyl adjacent to an activating group) is 2. The minimum atomic E-state index is -0.350. The fourth-order valence-electron chi connectivity index (χ4n) is 12.7. The smallest absolute Gasteiger partial charge is 0.272 e. The largest absolute Gasteiger partial charge is 0.379 e. The Hall–Kier alpha value is -7.91. The van der Waals surface area contributed by atoms with Gasteiger partial charge in [0.05, 0.1) is 61.3 Å². The topological polar surface area (TPSA) is 200 Å². The number of hydrogen-bond donors (Lipinski definition) is 3. The number of ether oxygens (including phenoxy) is 3. The zero-order chi connectivity index (χ0) is 70.4. The summed E-state index contributed by atoms with van der Waals surface area (Å²) in [5.41, 5.74) is 10.3. The van der Waals surface area contributed by atoms with Gasteiger partial charge in [-0.1, -0.05) is 134 Å². The number of anilines is 1. The molecule has 3 aliphatic rings. The van der Waals surface area contributed by atoms with Crippen LogP contribution in [0.4, 0.5) is 11.4 Å². The van der Waals surface area contributed by atoms with Crippen LogP contribution in [0.15, 0.2) is 139 Å². The van der Waals surface area contributed by atoms with Crippen LogP contribution in [0.25, 0.3) is 16.9 Å². The second-order valence-electron chi connectivity index (χ2n) is 26.1. The van der Waals surface area contributed by atoms with Crippen LogP contribution >= 0.6 is 34.8 Å². The van der Waals surface area contributed by atoms with Crippen LogP contribution in [-0.4, -0.2) is 183 Å². The second-order valence-corrected chi connectivity index (χ2v) is 27.4. The molecule has 0 bridgehead atoms. The van der Waals surface area contributed by atoms with Gasteiger partial charge in [0.1, 0.15) is 7.05 Å². The van der Waals surface area contributed by atoms with Crippen LogP contribution in [0.5, 0.6) is 0 Å². The number of para-hydroxylation sites is 2. The molecule has 0 atom stereocenters. The molecule has 98 heavy (non-hydrogen) atoms. The molecule has 8 rings (SSSR count). The maximum atomic E-state index is 13.8. The summed E-state index contributed by atoms with van der Waals surface area (Å²) < 4.78 is 20.8. The summed E-state index contributed by atoms with van der Waals surface area (Å²) >= 11 is 19.0. The lowest BCUT2D eigenvalue weighted by Crippen LogP contribution is -2.47. The van der Waals surface area contributed by atoms with E-state index >= 15 is 0 Å². The minimum absolute atomic E-state index is 0.000353. The monoisotopic (exact) mass is 1400 g/mol. The van der Waals surface area contributed by atoms with E-state index in [1.54, 1.807) is 47.0 Å². The number of aromatic nitrogens is 2. The van der Waals surface area contributed by atoms with Gasteiger partial charge in [-0.15, -0.1) is 0 Å². The van der Waals surface area contributed by atoms with E-state index in [2.05, 4.69) is 151 Å². The average Bonchev–Trinajstić information content (AvgIpc) is 1.62. The zero-order valence-electron chi connectivity index (χ0n) is 58.0. The molecule has 5 aromatic rings. The Kier molecular flexibility index (Phi) is 28.5. The van der Waals surface area contributed by atoms with Crippen molar-refractivity contribution in [1.82, 2.24) is 40.4 Å². The summed E-state index contributed by atoms with van der Waals surface area (Å²) in [5, 5.41) is 14.9. The van der Waals surface area contributed by atoms with Gasteiger partial charge in [0, 0.05) is 141 Å². The van der Waals surface area contributed by atoms with E-state index in [4.69, 9.17) is 54.1 Å². The summed E-state index contributed by atoms with van der Waals surface area (Å²) in [6.45, 7) is 15.6. The van der Waals surface area contributed by atoms with Gasteiger partial charge in [-0.05, 0) is 107 Å². The van der Waals surface area contributed by atoms with Crippen molar-refractivity contribution in [2.75, 3.05) is 111 Å². The number of likely N-dealkylation sites (tertiary alicyclic amines) is 1. The van der Waals surface area contributed by atoms with Gasteiger partial charge in [0.25, 0.3) is 5.91 Å². The predicted octanol–water partition coefficient (Wildman–Crippen LogP) is 11.9. The number of benzene rings is 4. The van der Waals surface area contributed by atoms with E-state index in [0.29, 0.717) is 130 Å². The van der Waals surface area contributed by atoms with E-state index < -0.39 is 0 Å². The van der Waals surface area contributed by atoms with E-state index in [0.717, 1.165) is 31.4 Å². The molecule has 22 heteroatoms. The number of piperidine rings is 1. The number of nitrogens with zero attached hydrogens (tertiary/aromatic N) is 7. The number of carbonyl (C=O) groups is 6. The summed E-state index contributed by atoms with van der Waals surface area (Å²) in [4.78, 5) is 85.0. The molecule has 0 aliphatic carbocycles. The quantitative estimate of drug-likeness (QED) is 0.0198. The van der Waals surface area contributed by atoms with Crippen molar-refractivity contribution in [3.63, 3.8) is 0 Å². The first-order chi connectivity index (χ1) is 47.1. The third-order valence-corrected chi connectivity index (χ3v) is 19.0. The Morgan fingerprint density at radius 3 is 1.87 bits per heavy atom. The molecular formula is C76H96Cl3N10O9+. The van der Waals surface area contributed by atoms with E-state index in [1.165, 1.54) is 50.8 Å². The van der Waals surface area contributed by atoms with Crippen LogP contribution in [0, 0.1) is 6.92 Å². The standard InChI is InChI=1S/C76H95Cl3N10O9/c1-54-72(83-89(64-35-34-57(78)51-61(64)79)73(54)55-30-32-56(77)33-31-55)74(95)82-58-38-43-87(44-39-58)71(94)37-36-70(93)85(7)53-68(91)81-41-22-46-97-48-50-98-49-47-96-45-21-40-80-67(90)52-84(6)69(92)29-15-12-20-42-88-63-26-19-17-24-60(63)76(4,5)66(88)28-14-11-9-10-13-27-65-75(2,3)59-23-16-18-25-62(59)86(65)8/h9-11,13-14,16-19,23-28,30-35,51,58H,12,15,20-22,29,36-50,52-53H2,1-8H3,(H2-,80,81,82,90,91,95)/p+1. The van der Waals surface area contributed by atoms with Crippen molar-refractivity contribution >= 4 is 87.3 Å². The summed E-state index contributed by atoms with van der Waals surface area (Å²) in [6, 6.07) is 29.3. The number of rotatable bonds is 35. The summed E-state index contributed by atoms with van der Waals surface area (Å²) in [6.07, 6.45) is 20.0. The minimum Gasteiger partial charge on any atom is -0.379 e. The van der Waals surface area contributed by atoms with Crippen LogP contribution in [0.3, 0.4) is 0 Å². The highest BCUT2D eigenvalue weighted by Gasteiger charge is 2.43. The fourth-order valence-corrected chi connectivity index (χ4v) is 13.3. The summed E-state index contributed by atoms with van der Waals surface area (Å²) in [5.74, 6) is -1.41. The van der Waals surface area contributed by atoms with Crippen molar-refractivity contribution in [1.29, 1.82) is 0 Å². The molecule has 19 nitrogen and oxygen atoms in total. The summed E-state index contributed by atoms with van der Waals surface area (Å²) in [7, 11) is 5.34. The maximum Gasteiger partial charge on any atom is 0.272 e. The molecule has 0 spiro atoms. The molecular weight excluding hydrogens is 1300 g/mol. The molecule has 1 saturated heterocycles. The van der Waals surface area contributed by atoms with Gasteiger partial charge in [0.15, 0.2) is 11.4 Å². The van der Waals surface area contributed by atoms with E-state index in [1.807, 2.05) is 19.1 Å². The number of fused-ring (bicyclic) bond motifs is 2. The Balaban J connectivity index is 0.599. The number of hydrogen-bond acceptors (Lipinski definition) is 11. The van der Waals surface area contributed by atoms with Gasteiger partial charge < -0.3 is 49.8 Å². The Labute approximate surface area is 592 Å². The average molecular weight is 1400 g/mol. The highest BCUT2D eigenvalue weighted by molar-refractivity contribution is 6.35. The Bertz CT molecular complexity index is 3760. The molecule has 524 valence electrons.